The fraction of sp³-hybridized carbons (Fsp3) is 0.0625. The number of aromatic nitrogens is 2. The number of nitrogens with zero attached hydrogens (tertiary/aromatic N) is 2. The van der Waals surface area contributed by atoms with Gasteiger partial charge in [0.25, 0.3) is 5.91 Å². The highest BCUT2D eigenvalue weighted by molar-refractivity contribution is 7.17. The van der Waals surface area contributed by atoms with E-state index < -0.39 is 0 Å². The highest BCUT2D eigenvalue weighted by Gasteiger charge is 2.17. The fourth-order valence-corrected chi connectivity index (χ4v) is 3.37. The van der Waals surface area contributed by atoms with Crippen LogP contribution in [0, 0.1) is 6.92 Å². The SMILES string of the molecule is Cc1nc(-c2ccccn2)sc1C(=O)Nc1ccc(Cl)cc1Cl. The first-order valence-corrected chi connectivity index (χ1v) is 8.27. The van der Waals surface area contributed by atoms with Crippen molar-refractivity contribution in [3.8, 4) is 10.7 Å². The van der Waals surface area contributed by atoms with Crippen molar-refractivity contribution >= 4 is 46.1 Å². The largest absolute Gasteiger partial charge is 0.320 e. The van der Waals surface area contributed by atoms with Crippen molar-refractivity contribution < 1.29 is 4.79 Å². The normalized spacial score (nSPS) is 10.6. The number of carbonyl (C=O) groups excluding carboxylic acids is 1. The standard InChI is InChI=1S/C16H11Cl2N3OS/c1-9-14(23-16(20-9)13-4-2-3-7-19-13)15(22)21-12-6-5-10(17)8-11(12)18/h2-8H,1H3,(H,21,22). The van der Waals surface area contributed by atoms with Gasteiger partial charge in [-0.25, -0.2) is 4.98 Å². The first-order chi connectivity index (χ1) is 11.0. The second-order valence-corrected chi connectivity index (χ2v) is 6.57. The van der Waals surface area contributed by atoms with E-state index in [0.29, 0.717) is 31.3 Å². The molecule has 0 saturated heterocycles. The lowest BCUT2D eigenvalue weighted by atomic mass is 10.3. The number of benzene rings is 1. The fourth-order valence-electron chi connectivity index (χ4n) is 1.98. The molecule has 3 aromatic rings. The van der Waals surface area contributed by atoms with Gasteiger partial charge in [-0.15, -0.1) is 11.3 Å². The number of aryl methyl sites for hydroxylation is 1. The predicted molar refractivity (Wildman–Crippen MR) is 94.5 cm³/mol. The number of rotatable bonds is 3. The van der Waals surface area contributed by atoms with Crippen LogP contribution in [0.3, 0.4) is 0 Å². The van der Waals surface area contributed by atoms with Crippen molar-refractivity contribution in [3.05, 3.63) is 63.2 Å². The summed E-state index contributed by atoms with van der Waals surface area (Å²) in [7, 11) is 0. The Labute approximate surface area is 147 Å². The van der Waals surface area contributed by atoms with Crippen molar-refractivity contribution in [2.45, 2.75) is 6.92 Å². The van der Waals surface area contributed by atoms with E-state index in [-0.39, 0.29) is 5.91 Å². The summed E-state index contributed by atoms with van der Waals surface area (Å²) in [5.74, 6) is -0.258. The van der Waals surface area contributed by atoms with Crippen molar-refractivity contribution in [1.29, 1.82) is 0 Å². The molecule has 1 amide bonds. The molecule has 1 N–H and O–H groups in total. The second-order valence-electron chi connectivity index (χ2n) is 4.73. The van der Waals surface area contributed by atoms with Gasteiger partial charge in [0, 0.05) is 11.2 Å². The molecule has 7 heteroatoms. The van der Waals surface area contributed by atoms with Gasteiger partial charge in [-0.2, -0.15) is 0 Å². The molecule has 0 bridgehead atoms. The van der Waals surface area contributed by atoms with Crippen LogP contribution < -0.4 is 5.32 Å². The number of pyridine rings is 1. The molecule has 0 spiro atoms. The van der Waals surface area contributed by atoms with E-state index in [9.17, 15) is 4.79 Å². The monoisotopic (exact) mass is 363 g/mol. The molecule has 2 aromatic heterocycles. The molecule has 4 nitrogen and oxygen atoms in total. The van der Waals surface area contributed by atoms with Crippen LogP contribution in [0.4, 0.5) is 5.69 Å². The third-order valence-corrected chi connectivity index (χ3v) is 4.79. The van der Waals surface area contributed by atoms with Gasteiger partial charge in [0.1, 0.15) is 9.88 Å². The van der Waals surface area contributed by atoms with E-state index in [4.69, 9.17) is 23.2 Å². The summed E-state index contributed by atoms with van der Waals surface area (Å²) in [6.07, 6.45) is 1.69. The van der Waals surface area contributed by atoms with Gasteiger partial charge in [0.15, 0.2) is 0 Å². The van der Waals surface area contributed by atoms with E-state index in [1.54, 1.807) is 31.3 Å². The Bertz CT molecular complexity index is 865. The number of anilines is 1. The number of thiazole rings is 1. The van der Waals surface area contributed by atoms with Crippen LogP contribution >= 0.6 is 34.5 Å². The topological polar surface area (TPSA) is 54.9 Å². The van der Waals surface area contributed by atoms with Crippen LogP contribution in [0.15, 0.2) is 42.6 Å². The van der Waals surface area contributed by atoms with E-state index in [0.717, 1.165) is 5.69 Å². The van der Waals surface area contributed by atoms with Gasteiger partial charge >= 0.3 is 0 Å². The summed E-state index contributed by atoms with van der Waals surface area (Å²) in [5.41, 5.74) is 1.90. The molecule has 0 saturated carbocycles. The van der Waals surface area contributed by atoms with E-state index in [1.807, 2.05) is 18.2 Å². The van der Waals surface area contributed by atoms with Crippen LogP contribution in [0.25, 0.3) is 10.7 Å². The van der Waals surface area contributed by atoms with Crippen molar-refractivity contribution in [2.24, 2.45) is 0 Å². The lowest BCUT2D eigenvalue weighted by Crippen LogP contribution is -2.11. The Morgan fingerprint density at radius 1 is 1.22 bits per heavy atom. The first-order valence-electron chi connectivity index (χ1n) is 6.70. The van der Waals surface area contributed by atoms with Crippen molar-refractivity contribution in [3.63, 3.8) is 0 Å². The van der Waals surface area contributed by atoms with Crippen LogP contribution in [0.1, 0.15) is 15.4 Å². The molecule has 2 heterocycles. The number of hydrogen-bond acceptors (Lipinski definition) is 4. The number of halogens is 2. The molecule has 3 rings (SSSR count). The third-order valence-electron chi connectivity index (χ3n) is 3.07. The Balaban J connectivity index is 1.87. The lowest BCUT2D eigenvalue weighted by molar-refractivity contribution is 0.103. The van der Waals surface area contributed by atoms with Gasteiger partial charge in [-0.05, 0) is 37.3 Å². The van der Waals surface area contributed by atoms with Crippen LogP contribution in [0.5, 0.6) is 0 Å². The molecule has 1 aromatic carbocycles. The Hall–Kier alpha value is -1.95. The maximum Gasteiger partial charge on any atom is 0.267 e. The van der Waals surface area contributed by atoms with E-state index >= 15 is 0 Å². The predicted octanol–water partition coefficient (Wildman–Crippen LogP) is 5.07. The minimum Gasteiger partial charge on any atom is -0.320 e. The third kappa shape index (κ3) is 3.52. The zero-order valence-corrected chi connectivity index (χ0v) is 14.3. The Morgan fingerprint density at radius 3 is 2.74 bits per heavy atom. The quantitative estimate of drug-likeness (QED) is 0.706. The number of hydrogen-bond donors (Lipinski definition) is 1. The first kappa shape index (κ1) is 15.9. The van der Waals surface area contributed by atoms with Crippen molar-refractivity contribution in [1.82, 2.24) is 9.97 Å². The summed E-state index contributed by atoms with van der Waals surface area (Å²) in [4.78, 5) is 21.7. The maximum absolute atomic E-state index is 12.5. The average molecular weight is 364 g/mol. The smallest absolute Gasteiger partial charge is 0.267 e. The highest BCUT2D eigenvalue weighted by Crippen LogP contribution is 2.29. The van der Waals surface area contributed by atoms with E-state index in [2.05, 4.69) is 15.3 Å². The summed E-state index contributed by atoms with van der Waals surface area (Å²) in [6, 6.07) is 10.5. The number of carbonyl (C=O) groups is 1. The minimum atomic E-state index is -0.258. The molecule has 23 heavy (non-hydrogen) atoms. The summed E-state index contributed by atoms with van der Waals surface area (Å²) in [5, 5.41) is 4.38. The van der Waals surface area contributed by atoms with Crippen LogP contribution in [0.2, 0.25) is 10.0 Å². The maximum atomic E-state index is 12.5. The van der Waals surface area contributed by atoms with Crippen LogP contribution in [-0.2, 0) is 0 Å². The minimum absolute atomic E-state index is 0.258. The number of amides is 1. The Kier molecular flexibility index (Phi) is 4.61. The lowest BCUT2D eigenvalue weighted by Gasteiger charge is -2.06. The zero-order chi connectivity index (χ0) is 16.4. The Morgan fingerprint density at radius 2 is 2.04 bits per heavy atom. The molecule has 0 radical (unpaired) electrons. The molecule has 0 aliphatic rings. The van der Waals surface area contributed by atoms with Crippen molar-refractivity contribution in [2.75, 3.05) is 5.32 Å². The zero-order valence-electron chi connectivity index (χ0n) is 12.0. The molecule has 116 valence electrons. The molecule has 0 unspecified atom stereocenters. The van der Waals surface area contributed by atoms with Gasteiger partial charge in [0.2, 0.25) is 0 Å². The van der Waals surface area contributed by atoms with E-state index in [1.165, 1.54) is 11.3 Å². The molecular weight excluding hydrogens is 353 g/mol. The highest BCUT2D eigenvalue weighted by atomic mass is 35.5. The summed E-state index contributed by atoms with van der Waals surface area (Å²) in [6.45, 7) is 1.79. The van der Waals surface area contributed by atoms with Crippen LogP contribution in [-0.4, -0.2) is 15.9 Å². The molecule has 0 atom stereocenters. The van der Waals surface area contributed by atoms with Gasteiger partial charge in [0.05, 0.1) is 22.1 Å². The summed E-state index contributed by atoms with van der Waals surface area (Å²) >= 11 is 13.2. The molecule has 0 fully saturated rings. The molecular formula is C16H11Cl2N3OS. The summed E-state index contributed by atoms with van der Waals surface area (Å²) < 4.78 is 0. The average Bonchev–Trinajstić information content (AvgIpc) is 2.93. The molecule has 0 aliphatic heterocycles. The second kappa shape index (κ2) is 6.66. The van der Waals surface area contributed by atoms with Gasteiger partial charge in [-0.3, -0.25) is 9.78 Å². The number of nitrogens with one attached hydrogen (secondary N) is 1. The van der Waals surface area contributed by atoms with Gasteiger partial charge < -0.3 is 5.32 Å². The van der Waals surface area contributed by atoms with Gasteiger partial charge in [-0.1, -0.05) is 29.3 Å². The molecule has 0 aliphatic carbocycles.